The molecular formula is C8H10N4O3S. The molecule has 1 aromatic heterocycles. The molecule has 1 heterocycles. The van der Waals surface area contributed by atoms with Crippen molar-refractivity contribution in [3.05, 3.63) is 18.2 Å². The minimum atomic E-state index is -1.12. The van der Waals surface area contributed by atoms with Crippen LogP contribution in [0.15, 0.2) is 18.2 Å². The molecule has 1 aromatic rings. The molecule has 0 saturated carbocycles. The summed E-state index contributed by atoms with van der Waals surface area (Å²) in [4.78, 5) is 22.0. The summed E-state index contributed by atoms with van der Waals surface area (Å²) in [5, 5.41) is 20.8. The van der Waals surface area contributed by atoms with E-state index in [0.29, 0.717) is 5.13 Å². The van der Waals surface area contributed by atoms with Crippen LogP contribution in [-0.2, 0) is 4.79 Å². The van der Waals surface area contributed by atoms with Crippen LogP contribution < -0.4 is 10.6 Å². The van der Waals surface area contributed by atoms with E-state index in [4.69, 9.17) is 5.11 Å². The van der Waals surface area contributed by atoms with Crippen molar-refractivity contribution in [3.63, 3.8) is 0 Å². The van der Waals surface area contributed by atoms with E-state index in [1.807, 2.05) is 0 Å². The Balaban J connectivity index is 2.48. The number of urea groups is 1. The summed E-state index contributed by atoms with van der Waals surface area (Å²) >= 11 is 1.14. The van der Waals surface area contributed by atoms with Gasteiger partial charge in [0, 0.05) is 0 Å². The second-order valence-corrected chi connectivity index (χ2v) is 3.59. The van der Waals surface area contributed by atoms with Crippen LogP contribution in [-0.4, -0.2) is 33.3 Å². The van der Waals surface area contributed by atoms with Crippen molar-refractivity contribution >= 4 is 28.5 Å². The predicted molar refractivity (Wildman–Crippen MR) is 58.3 cm³/mol. The normalized spacial score (nSPS) is 11.5. The molecule has 1 atom stereocenters. The minimum Gasteiger partial charge on any atom is -0.480 e. The number of aromatic nitrogens is 2. The molecule has 0 aliphatic heterocycles. The van der Waals surface area contributed by atoms with Crippen LogP contribution >= 0.6 is 11.3 Å². The molecule has 0 bridgehead atoms. The first-order chi connectivity index (χ1) is 7.63. The molecular weight excluding hydrogens is 232 g/mol. The molecule has 2 amide bonds. The lowest BCUT2D eigenvalue weighted by Crippen LogP contribution is -2.42. The third-order valence-corrected chi connectivity index (χ3v) is 2.19. The van der Waals surface area contributed by atoms with Gasteiger partial charge in [-0.25, -0.2) is 9.59 Å². The second-order valence-electron chi connectivity index (χ2n) is 2.76. The Morgan fingerprint density at radius 1 is 1.69 bits per heavy atom. The van der Waals surface area contributed by atoms with E-state index in [1.54, 1.807) is 0 Å². The first kappa shape index (κ1) is 12.1. The summed E-state index contributed by atoms with van der Waals surface area (Å²) in [6, 6.07) is -1.63. The van der Waals surface area contributed by atoms with Crippen molar-refractivity contribution in [1.29, 1.82) is 0 Å². The van der Waals surface area contributed by atoms with Gasteiger partial charge in [-0.1, -0.05) is 17.4 Å². The van der Waals surface area contributed by atoms with Crippen molar-refractivity contribution in [2.24, 2.45) is 0 Å². The molecule has 0 aliphatic rings. The Kier molecular flexibility index (Phi) is 4.40. The molecule has 1 rings (SSSR count). The average molecular weight is 242 g/mol. The summed E-state index contributed by atoms with van der Waals surface area (Å²) in [6.07, 6.45) is 1.57. The van der Waals surface area contributed by atoms with Gasteiger partial charge < -0.3 is 10.4 Å². The van der Waals surface area contributed by atoms with E-state index in [0.717, 1.165) is 11.3 Å². The number of carbonyl (C=O) groups is 2. The van der Waals surface area contributed by atoms with Crippen molar-refractivity contribution in [1.82, 2.24) is 15.5 Å². The molecule has 86 valence electrons. The highest BCUT2D eigenvalue weighted by molar-refractivity contribution is 7.13. The van der Waals surface area contributed by atoms with Crippen LogP contribution in [0.2, 0.25) is 0 Å². The number of carboxylic acid groups (broad SMARTS) is 1. The molecule has 3 N–H and O–H groups in total. The molecule has 1 unspecified atom stereocenters. The molecule has 0 aliphatic carbocycles. The Morgan fingerprint density at radius 3 is 2.94 bits per heavy atom. The molecule has 8 heteroatoms. The Bertz CT molecular complexity index is 379. The monoisotopic (exact) mass is 242 g/mol. The first-order valence-corrected chi connectivity index (χ1v) is 5.19. The maximum absolute atomic E-state index is 11.3. The molecule has 0 spiro atoms. The molecule has 0 fully saturated rings. The van der Waals surface area contributed by atoms with Gasteiger partial charge >= 0.3 is 12.0 Å². The Hall–Kier alpha value is -1.96. The van der Waals surface area contributed by atoms with E-state index in [9.17, 15) is 9.59 Å². The van der Waals surface area contributed by atoms with Crippen molar-refractivity contribution in [2.45, 2.75) is 12.5 Å². The van der Waals surface area contributed by atoms with Gasteiger partial charge in [0.15, 0.2) is 0 Å². The van der Waals surface area contributed by atoms with E-state index in [2.05, 4.69) is 27.4 Å². The van der Waals surface area contributed by atoms with Crippen LogP contribution in [0.5, 0.6) is 0 Å². The molecule has 0 radical (unpaired) electrons. The zero-order valence-electron chi connectivity index (χ0n) is 8.21. The summed E-state index contributed by atoms with van der Waals surface area (Å²) < 4.78 is 0. The van der Waals surface area contributed by atoms with Crippen LogP contribution in [0.3, 0.4) is 0 Å². The lowest BCUT2D eigenvalue weighted by atomic mass is 10.2. The zero-order valence-corrected chi connectivity index (χ0v) is 9.03. The third-order valence-electron chi connectivity index (χ3n) is 1.59. The van der Waals surface area contributed by atoms with Gasteiger partial charge in [-0.3, -0.25) is 5.32 Å². The Morgan fingerprint density at radius 2 is 2.44 bits per heavy atom. The number of hydrogen-bond donors (Lipinski definition) is 3. The largest absolute Gasteiger partial charge is 0.480 e. The quantitative estimate of drug-likeness (QED) is 0.659. The molecule has 7 nitrogen and oxygen atoms in total. The van der Waals surface area contributed by atoms with E-state index >= 15 is 0 Å². The smallest absolute Gasteiger partial charge is 0.326 e. The fourth-order valence-electron chi connectivity index (χ4n) is 0.907. The number of amides is 2. The van der Waals surface area contributed by atoms with Gasteiger partial charge in [0.2, 0.25) is 5.13 Å². The summed E-state index contributed by atoms with van der Waals surface area (Å²) in [7, 11) is 0. The van der Waals surface area contributed by atoms with Crippen LogP contribution in [0.4, 0.5) is 9.93 Å². The number of anilines is 1. The SMILES string of the molecule is C=CCC(NC(=O)Nc1nncs1)C(=O)O. The van der Waals surface area contributed by atoms with Crippen molar-refractivity contribution < 1.29 is 14.7 Å². The molecule has 16 heavy (non-hydrogen) atoms. The maximum atomic E-state index is 11.3. The summed E-state index contributed by atoms with van der Waals surface area (Å²) in [5.74, 6) is -1.12. The standard InChI is InChI=1S/C8H10N4O3S/c1-2-3-5(6(13)14)10-7(15)11-8-12-9-4-16-8/h2,4-5H,1,3H2,(H,13,14)(H2,10,11,12,15). The first-order valence-electron chi connectivity index (χ1n) is 4.31. The van der Waals surface area contributed by atoms with Gasteiger partial charge in [-0.2, -0.15) is 0 Å². The van der Waals surface area contributed by atoms with Crippen molar-refractivity contribution in [2.75, 3.05) is 5.32 Å². The van der Waals surface area contributed by atoms with Crippen molar-refractivity contribution in [3.8, 4) is 0 Å². The minimum absolute atomic E-state index is 0.152. The average Bonchev–Trinajstić information content (AvgIpc) is 2.69. The van der Waals surface area contributed by atoms with Crippen LogP contribution in [0, 0.1) is 0 Å². The fourth-order valence-corrected chi connectivity index (χ4v) is 1.35. The van der Waals surface area contributed by atoms with Gasteiger partial charge in [-0.05, 0) is 6.42 Å². The fraction of sp³-hybridized carbons (Fsp3) is 0.250. The van der Waals surface area contributed by atoms with Crippen LogP contribution in [0.25, 0.3) is 0 Å². The number of rotatable bonds is 5. The summed E-state index contributed by atoms with van der Waals surface area (Å²) in [6.45, 7) is 3.41. The predicted octanol–water partition coefficient (Wildman–Crippen LogP) is 0.689. The number of nitrogens with one attached hydrogen (secondary N) is 2. The van der Waals surface area contributed by atoms with Crippen LogP contribution in [0.1, 0.15) is 6.42 Å². The van der Waals surface area contributed by atoms with E-state index < -0.39 is 18.0 Å². The van der Waals surface area contributed by atoms with E-state index in [-0.39, 0.29) is 6.42 Å². The highest BCUT2D eigenvalue weighted by Gasteiger charge is 2.18. The summed E-state index contributed by atoms with van der Waals surface area (Å²) in [5.41, 5.74) is 1.45. The number of carboxylic acids is 1. The topological polar surface area (TPSA) is 104 Å². The van der Waals surface area contributed by atoms with E-state index in [1.165, 1.54) is 11.6 Å². The highest BCUT2D eigenvalue weighted by Crippen LogP contribution is 2.07. The lowest BCUT2D eigenvalue weighted by Gasteiger charge is -2.11. The number of aliphatic carboxylic acids is 1. The lowest BCUT2D eigenvalue weighted by molar-refractivity contribution is -0.139. The maximum Gasteiger partial charge on any atom is 0.326 e. The highest BCUT2D eigenvalue weighted by atomic mass is 32.1. The zero-order chi connectivity index (χ0) is 12.0. The Labute approximate surface area is 95.2 Å². The molecule has 0 aromatic carbocycles. The van der Waals surface area contributed by atoms with Gasteiger partial charge in [0.1, 0.15) is 11.6 Å². The van der Waals surface area contributed by atoms with Gasteiger partial charge in [0.05, 0.1) is 0 Å². The number of nitrogens with zero attached hydrogens (tertiary/aromatic N) is 2. The third kappa shape index (κ3) is 3.65. The number of carbonyl (C=O) groups excluding carboxylic acids is 1. The second kappa shape index (κ2) is 5.81. The molecule has 0 saturated heterocycles. The number of hydrogen-bond acceptors (Lipinski definition) is 5. The van der Waals surface area contributed by atoms with Gasteiger partial charge in [0.25, 0.3) is 0 Å². The van der Waals surface area contributed by atoms with Gasteiger partial charge in [-0.15, -0.1) is 16.8 Å².